The van der Waals surface area contributed by atoms with E-state index in [4.69, 9.17) is 0 Å². The average Bonchev–Trinajstić information content (AvgIpc) is 2.84. The van der Waals surface area contributed by atoms with Crippen molar-refractivity contribution in [2.75, 3.05) is 0 Å². The van der Waals surface area contributed by atoms with E-state index in [0.717, 1.165) is 23.1 Å². The number of hydrogen-bond acceptors (Lipinski definition) is 4. The van der Waals surface area contributed by atoms with Gasteiger partial charge in [0.1, 0.15) is 0 Å². The Hall–Kier alpha value is -1.07. The molecule has 1 aliphatic rings. The van der Waals surface area contributed by atoms with Crippen molar-refractivity contribution in [1.29, 1.82) is 0 Å². The lowest BCUT2D eigenvalue weighted by atomic mass is 10.2. The molecule has 18 heavy (non-hydrogen) atoms. The standard InChI is InChI=1S/C13H15NO2S2/c1-4-8(2)14-12(15)11(18-13(14)16)7-10-6-5-9(3)17-10/h5-8H,4H2,1-3H3. The summed E-state index contributed by atoms with van der Waals surface area (Å²) in [7, 11) is 0. The zero-order valence-corrected chi connectivity index (χ0v) is 12.2. The summed E-state index contributed by atoms with van der Waals surface area (Å²) < 4.78 is 0. The molecule has 1 saturated heterocycles. The van der Waals surface area contributed by atoms with Crippen LogP contribution in [-0.2, 0) is 4.79 Å². The predicted octanol–water partition coefficient (Wildman–Crippen LogP) is 3.89. The minimum absolute atomic E-state index is 0.0338. The van der Waals surface area contributed by atoms with E-state index in [1.807, 2.05) is 39.0 Å². The number of hydrogen-bond donors (Lipinski definition) is 0. The number of amides is 2. The second kappa shape index (κ2) is 5.28. The van der Waals surface area contributed by atoms with E-state index in [2.05, 4.69) is 0 Å². The van der Waals surface area contributed by atoms with Gasteiger partial charge in [-0.15, -0.1) is 11.3 Å². The van der Waals surface area contributed by atoms with Crippen molar-refractivity contribution in [2.45, 2.75) is 33.2 Å². The molecule has 0 spiro atoms. The molecule has 5 heteroatoms. The minimum Gasteiger partial charge on any atom is -0.268 e. The van der Waals surface area contributed by atoms with Gasteiger partial charge in [-0.05, 0) is 50.2 Å². The summed E-state index contributed by atoms with van der Waals surface area (Å²) in [5.41, 5.74) is 0. The van der Waals surface area contributed by atoms with Crippen molar-refractivity contribution < 1.29 is 9.59 Å². The van der Waals surface area contributed by atoms with E-state index in [-0.39, 0.29) is 17.2 Å². The Balaban J connectivity index is 2.25. The van der Waals surface area contributed by atoms with Gasteiger partial charge in [0.05, 0.1) is 4.91 Å². The fourth-order valence-electron chi connectivity index (χ4n) is 1.70. The van der Waals surface area contributed by atoms with Gasteiger partial charge in [0.2, 0.25) is 0 Å². The summed E-state index contributed by atoms with van der Waals surface area (Å²) >= 11 is 2.66. The van der Waals surface area contributed by atoms with Crippen LogP contribution in [0.2, 0.25) is 0 Å². The summed E-state index contributed by atoms with van der Waals surface area (Å²) in [6, 6.07) is 3.94. The molecule has 1 aromatic rings. The SMILES string of the molecule is CCC(C)N1C(=O)SC(=Cc2ccc(C)s2)C1=O. The number of rotatable bonds is 3. The number of imide groups is 1. The molecule has 1 fully saturated rings. The van der Waals surface area contributed by atoms with Crippen LogP contribution >= 0.6 is 23.1 Å². The largest absolute Gasteiger partial charge is 0.293 e. The third-order valence-corrected chi connectivity index (χ3v) is 4.72. The molecule has 1 aliphatic heterocycles. The Labute approximate surface area is 115 Å². The summed E-state index contributed by atoms with van der Waals surface area (Å²) in [6.45, 7) is 5.89. The van der Waals surface area contributed by atoms with Crippen molar-refractivity contribution in [3.8, 4) is 0 Å². The fourth-order valence-corrected chi connectivity index (χ4v) is 3.52. The van der Waals surface area contributed by atoms with Gasteiger partial charge >= 0.3 is 0 Å². The van der Waals surface area contributed by atoms with Crippen LogP contribution in [0.15, 0.2) is 17.0 Å². The maximum absolute atomic E-state index is 12.1. The Morgan fingerprint density at radius 1 is 1.39 bits per heavy atom. The smallest absolute Gasteiger partial charge is 0.268 e. The van der Waals surface area contributed by atoms with E-state index in [9.17, 15) is 9.59 Å². The summed E-state index contributed by atoms with van der Waals surface area (Å²) in [5, 5.41) is -0.158. The molecular weight excluding hydrogens is 266 g/mol. The minimum atomic E-state index is -0.162. The van der Waals surface area contributed by atoms with Gasteiger partial charge in [-0.1, -0.05) is 6.92 Å². The quantitative estimate of drug-likeness (QED) is 0.789. The Morgan fingerprint density at radius 2 is 2.11 bits per heavy atom. The molecule has 0 aromatic carbocycles. The van der Waals surface area contributed by atoms with Crippen molar-refractivity contribution in [3.63, 3.8) is 0 Å². The summed E-state index contributed by atoms with van der Waals surface area (Å²) in [5.74, 6) is -0.162. The third kappa shape index (κ3) is 2.52. The number of nitrogens with zero attached hydrogens (tertiary/aromatic N) is 1. The topological polar surface area (TPSA) is 37.4 Å². The number of thiophene rings is 1. The van der Waals surface area contributed by atoms with Gasteiger partial charge in [0.15, 0.2) is 0 Å². The maximum atomic E-state index is 12.1. The molecule has 0 aliphatic carbocycles. The van der Waals surface area contributed by atoms with E-state index in [1.165, 1.54) is 9.78 Å². The van der Waals surface area contributed by atoms with Crippen LogP contribution in [0.3, 0.4) is 0 Å². The number of aryl methyl sites for hydroxylation is 1. The lowest BCUT2D eigenvalue weighted by Gasteiger charge is -2.19. The Bertz CT molecular complexity index is 519. The summed E-state index contributed by atoms with van der Waals surface area (Å²) in [6.07, 6.45) is 2.59. The fraction of sp³-hybridized carbons (Fsp3) is 0.385. The zero-order chi connectivity index (χ0) is 13.3. The highest BCUT2D eigenvalue weighted by molar-refractivity contribution is 8.18. The van der Waals surface area contributed by atoms with Crippen LogP contribution in [-0.4, -0.2) is 22.1 Å². The number of carbonyl (C=O) groups excluding carboxylic acids is 2. The molecular formula is C13H15NO2S2. The second-order valence-corrected chi connectivity index (χ2v) is 6.57. The molecule has 0 bridgehead atoms. The lowest BCUT2D eigenvalue weighted by Crippen LogP contribution is -2.36. The molecule has 1 unspecified atom stereocenters. The first kappa shape index (κ1) is 13.4. The highest BCUT2D eigenvalue weighted by Gasteiger charge is 2.37. The van der Waals surface area contributed by atoms with Gasteiger partial charge in [-0.25, -0.2) is 0 Å². The predicted molar refractivity (Wildman–Crippen MR) is 76.6 cm³/mol. The molecule has 0 N–H and O–H groups in total. The highest BCUT2D eigenvalue weighted by atomic mass is 32.2. The van der Waals surface area contributed by atoms with Crippen molar-refractivity contribution in [1.82, 2.24) is 4.90 Å². The molecule has 2 amide bonds. The van der Waals surface area contributed by atoms with E-state index in [0.29, 0.717) is 4.91 Å². The van der Waals surface area contributed by atoms with Crippen molar-refractivity contribution >= 4 is 40.3 Å². The Kier molecular flexibility index (Phi) is 3.92. The summed E-state index contributed by atoms with van der Waals surface area (Å²) in [4.78, 5) is 28.1. The lowest BCUT2D eigenvalue weighted by molar-refractivity contribution is -0.124. The van der Waals surface area contributed by atoms with E-state index in [1.54, 1.807) is 11.3 Å². The van der Waals surface area contributed by atoms with Crippen LogP contribution in [0.5, 0.6) is 0 Å². The van der Waals surface area contributed by atoms with Gasteiger partial charge in [-0.2, -0.15) is 0 Å². The zero-order valence-electron chi connectivity index (χ0n) is 10.6. The Morgan fingerprint density at radius 3 is 2.67 bits per heavy atom. The van der Waals surface area contributed by atoms with Crippen molar-refractivity contribution in [2.24, 2.45) is 0 Å². The molecule has 1 aromatic heterocycles. The van der Waals surface area contributed by atoms with Crippen LogP contribution in [0.1, 0.15) is 30.0 Å². The second-order valence-electron chi connectivity index (χ2n) is 4.26. The first-order chi connectivity index (χ1) is 8.52. The number of carbonyl (C=O) groups is 2. The first-order valence-electron chi connectivity index (χ1n) is 5.86. The van der Waals surface area contributed by atoms with Gasteiger partial charge in [0, 0.05) is 15.8 Å². The van der Waals surface area contributed by atoms with Crippen molar-refractivity contribution in [3.05, 3.63) is 26.8 Å². The van der Waals surface area contributed by atoms with E-state index >= 15 is 0 Å². The molecule has 1 atom stereocenters. The highest BCUT2D eigenvalue weighted by Crippen LogP contribution is 2.34. The normalized spacial score (nSPS) is 19.9. The van der Waals surface area contributed by atoms with Crippen LogP contribution in [0, 0.1) is 6.92 Å². The van der Waals surface area contributed by atoms with Gasteiger partial charge in [-0.3, -0.25) is 14.5 Å². The van der Waals surface area contributed by atoms with Crippen LogP contribution in [0.4, 0.5) is 4.79 Å². The third-order valence-electron chi connectivity index (χ3n) is 2.89. The average molecular weight is 281 g/mol. The van der Waals surface area contributed by atoms with E-state index < -0.39 is 0 Å². The molecule has 2 rings (SSSR count). The first-order valence-corrected chi connectivity index (χ1v) is 7.49. The maximum Gasteiger partial charge on any atom is 0.293 e. The van der Waals surface area contributed by atoms with Crippen LogP contribution in [0.25, 0.3) is 6.08 Å². The molecule has 0 radical (unpaired) electrons. The van der Waals surface area contributed by atoms with Gasteiger partial charge < -0.3 is 0 Å². The van der Waals surface area contributed by atoms with Crippen LogP contribution < -0.4 is 0 Å². The molecule has 96 valence electrons. The molecule has 3 nitrogen and oxygen atoms in total. The molecule has 2 heterocycles. The monoisotopic (exact) mass is 281 g/mol. The molecule has 0 saturated carbocycles. The number of thioether (sulfide) groups is 1. The van der Waals surface area contributed by atoms with Gasteiger partial charge in [0.25, 0.3) is 11.1 Å².